The van der Waals surface area contributed by atoms with Gasteiger partial charge in [0.05, 0.1) is 62.5 Å². The lowest BCUT2D eigenvalue weighted by molar-refractivity contribution is -0.211. The predicted molar refractivity (Wildman–Crippen MR) is 359 cm³/mol. The zero-order valence-electron chi connectivity index (χ0n) is 58.8. The highest BCUT2D eigenvalue weighted by atomic mass is 16.7. The number of likely N-dealkylation sites (tertiary alicyclic amines) is 1. The number of carbonyl (C=O) groups is 10. The van der Waals surface area contributed by atoms with E-state index >= 15 is 0 Å². The predicted octanol–water partition coefficient (Wildman–Crippen LogP) is 4.41. The van der Waals surface area contributed by atoms with Gasteiger partial charge in [0.2, 0.25) is 47.3 Å². The van der Waals surface area contributed by atoms with Crippen molar-refractivity contribution < 1.29 is 71.6 Å². The monoisotopic (exact) mass is 1330 g/mol. The number of nitrogens with one attached hydrogen (secondary N) is 7. The van der Waals surface area contributed by atoms with Gasteiger partial charge in [0, 0.05) is 59.4 Å². The first-order valence-corrected chi connectivity index (χ1v) is 33.7. The Morgan fingerprint density at radius 2 is 1.34 bits per heavy atom. The van der Waals surface area contributed by atoms with E-state index in [0.717, 1.165) is 5.56 Å². The Balaban J connectivity index is 1.42. The molecule has 26 heteroatoms. The summed E-state index contributed by atoms with van der Waals surface area (Å²) in [4.78, 5) is 141. The van der Waals surface area contributed by atoms with Gasteiger partial charge in [-0.1, -0.05) is 111 Å². The van der Waals surface area contributed by atoms with Crippen LogP contribution in [0.3, 0.4) is 0 Å². The molecule has 95 heavy (non-hydrogen) atoms. The third-order valence-electron chi connectivity index (χ3n) is 17.8. The van der Waals surface area contributed by atoms with Crippen LogP contribution in [-0.2, 0) is 79.8 Å². The molecule has 2 fully saturated rings. The summed E-state index contributed by atoms with van der Waals surface area (Å²) in [5, 5.41) is 19.9. The number of benzene rings is 2. The molecule has 26 nitrogen and oxygen atoms in total. The minimum absolute atomic E-state index is 0.00489. The van der Waals surface area contributed by atoms with E-state index < -0.39 is 114 Å². The highest BCUT2D eigenvalue weighted by Gasteiger charge is 2.44. The number of ether oxygens (including phenoxy) is 5. The SMILES string of the molecule is CCOC(=O)C1COC(CCCC(=O)N[C@H](C(=O)N[C@@H](CCCNC(N)=O)C(=O)Nc2ccc(CNC(=O)[C@H](Cc3ccccc3)NC(=O)[C@H](C)[C@@H](OC)C3CCCN3C(=O)C[C@@H](OC)[C@H]([C@@H](C)CC)N(C)C(=O)[C@@H](NC(=O)[C@H](C(C)C)N(C)C)C(C)C)cc2)C(C)C)OC1. The number of amides is 10. The Hall–Kier alpha value is -7.26. The molecule has 0 bridgehead atoms. The lowest BCUT2D eigenvalue weighted by Crippen LogP contribution is -2.59. The van der Waals surface area contributed by atoms with E-state index in [-0.39, 0.29) is 106 Å². The third kappa shape index (κ3) is 25.0. The second-order valence-electron chi connectivity index (χ2n) is 26.3. The highest BCUT2D eigenvalue weighted by molar-refractivity contribution is 5.98. The molecule has 1 unspecified atom stereocenters. The number of hydrogen-bond acceptors (Lipinski definition) is 16. The summed E-state index contributed by atoms with van der Waals surface area (Å²) < 4.78 is 28.5. The van der Waals surface area contributed by atoms with Gasteiger partial charge in [-0.15, -0.1) is 0 Å². The average molecular weight is 1330 g/mol. The van der Waals surface area contributed by atoms with Gasteiger partial charge in [-0.3, -0.25) is 48.1 Å². The molecule has 0 saturated carbocycles. The number of primary amides is 1. The number of urea groups is 1. The Bertz CT molecular complexity index is 2780. The van der Waals surface area contributed by atoms with E-state index in [1.807, 2.05) is 90.9 Å². The Morgan fingerprint density at radius 1 is 0.695 bits per heavy atom. The summed E-state index contributed by atoms with van der Waals surface area (Å²) in [5.41, 5.74) is 7.11. The van der Waals surface area contributed by atoms with Crippen LogP contribution in [0.25, 0.3) is 0 Å². The fourth-order valence-corrected chi connectivity index (χ4v) is 12.4. The summed E-state index contributed by atoms with van der Waals surface area (Å²) in [6.45, 7) is 19.8. The van der Waals surface area contributed by atoms with E-state index in [9.17, 15) is 47.9 Å². The van der Waals surface area contributed by atoms with Gasteiger partial charge in [-0.05, 0) is 106 Å². The highest BCUT2D eigenvalue weighted by Crippen LogP contribution is 2.30. The van der Waals surface area contributed by atoms with E-state index in [0.29, 0.717) is 49.9 Å². The van der Waals surface area contributed by atoms with Crippen molar-refractivity contribution in [2.75, 3.05) is 73.6 Å². The second-order valence-corrected chi connectivity index (χ2v) is 26.3. The fourth-order valence-electron chi connectivity index (χ4n) is 12.4. The van der Waals surface area contributed by atoms with Gasteiger partial charge >= 0.3 is 12.0 Å². The number of nitrogens with zero attached hydrogens (tertiary/aromatic N) is 3. The number of esters is 1. The maximum atomic E-state index is 14.6. The summed E-state index contributed by atoms with van der Waals surface area (Å²) in [7, 11) is 8.40. The number of nitrogens with two attached hydrogens (primary N) is 1. The van der Waals surface area contributed by atoms with Crippen LogP contribution in [0.5, 0.6) is 0 Å². The maximum Gasteiger partial charge on any atom is 0.313 e. The molecule has 2 aliphatic rings. The number of methoxy groups -OCH3 is 2. The van der Waals surface area contributed by atoms with Crippen molar-refractivity contribution in [2.24, 2.45) is 41.2 Å². The van der Waals surface area contributed by atoms with E-state index in [1.165, 1.54) is 14.2 Å². The van der Waals surface area contributed by atoms with Crippen molar-refractivity contribution >= 4 is 64.9 Å². The topological polar surface area (TPSA) is 337 Å². The zero-order valence-corrected chi connectivity index (χ0v) is 58.8. The lowest BCUT2D eigenvalue weighted by atomic mass is 9.89. The standard InChI is InChI=1S/C69H111N11O15/c1-16-44(9)60(79(13)67(88)58(42(5)6)77-66(87)59(43(7)8)78(11)12)53(91-14)37-55(82)80-35-23-27-52(80)61(92-15)45(10)62(83)75-51(36-46-24-19-18-20-25-46)63(84)72-38-47-30-32-49(33-31-47)73-64(85)50(26-22-34-71-69(70)90)74-65(86)57(41(3)4)76-54(81)28-21-29-56-94-39-48(40-95-56)68(89)93-17-2/h18-20,24-25,30-33,41-45,48,50-53,56-61H,16-17,21-23,26-29,34-40H2,1-15H3,(H,72,84)(H,73,85)(H,74,86)(H,75,83)(H,76,81)(H,77,87)(H3,70,71,90)/t44-,45+,48?,50-,51-,52?,53+,56?,57-,58-,59-,60-,61+/m0/s1. The van der Waals surface area contributed by atoms with Gasteiger partial charge in [0.1, 0.15) is 30.1 Å². The van der Waals surface area contributed by atoms with Crippen molar-refractivity contribution in [1.82, 2.24) is 46.6 Å². The Labute approximate surface area is 562 Å². The van der Waals surface area contributed by atoms with Crippen LogP contribution in [0.1, 0.15) is 138 Å². The molecule has 2 saturated heterocycles. The van der Waals surface area contributed by atoms with Crippen LogP contribution in [-0.4, -0.2) is 203 Å². The number of likely N-dealkylation sites (N-methyl/N-ethyl adjacent to an activating group) is 2. The third-order valence-corrected chi connectivity index (χ3v) is 17.8. The number of rotatable bonds is 39. The minimum atomic E-state index is -1.10. The molecule has 11 atom stereocenters. The van der Waals surface area contributed by atoms with Crippen molar-refractivity contribution in [3.05, 3.63) is 65.7 Å². The van der Waals surface area contributed by atoms with Crippen LogP contribution >= 0.6 is 0 Å². The lowest BCUT2D eigenvalue weighted by Gasteiger charge is -2.41. The van der Waals surface area contributed by atoms with Gasteiger partial charge in [0.25, 0.3) is 0 Å². The van der Waals surface area contributed by atoms with Crippen LogP contribution in [0, 0.1) is 35.5 Å². The van der Waals surface area contributed by atoms with Crippen molar-refractivity contribution in [1.29, 1.82) is 0 Å². The van der Waals surface area contributed by atoms with Gasteiger partial charge in [-0.2, -0.15) is 0 Å². The smallest absolute Gasteiger partial charge is 0.313 e. The first kappa shape index (κ1) is 80.2. The van der Waals surface area contributed by atoms with Crippen LogP contribution in [0.15, 0.2) is 54.6 Å². The molecule has 2 aromatic carbocycles. The van der Waals surface area contributed by atoms with Crippen molar-refractivity contribution in [2.45, 2.75) is 201 Å². The molecular formula is C69H111N11O15. The summed E-state index contributed by atoms with van der Waals surface area (Å²) in [6.07, 6.45) is 1.06. The normalized spacial score (nSPS) is 18.8. The molecule has 2 aliphatic heterocycles. The second kappa shape index (κ2) is 40.3. The molecule has 0 spiro atoms. The van der Waals surface area contributed by atoms with Crippen LogP contribution in [0.4, 0.5) is 10.5 Å². The molecule has 4 rings (SSSR count). The molecule has 9 N–H and O–H groups in total. The average Bonchev–Trinajstić information content (AvgIpc) is 1.80. The largest absolute Gasteiger partial charge is 0.466 e. The van der Waals surface area contributed by atoms with Crippen molar-refractivity contribution in [3.8, 4) is 0 Å². The molecule has 0 aromatic heterocycles. The fraction of sp³-hybridized carbons (Fsp3) is 0.681. The number of carbonyl (C=O) groups excluding carboxylic acids is 10. The summed E-state index contributed by atoms with van der Waals surface area (Å²) >= 11 is 0. The van der Waals surface area contributed by atoms with Gasteiger partial charge in [-0.25, -0.2) is 4.79 Å². The first-order valence-electron chi connectivity index (χ1n) is 33.7. The molecule has 2 heterocycles. The van der Waals surface area contributed by atoms with Gasteiger partial charge < -0.3 is 76.4 Å². The maximum absolute atomic E-state index is 14.6. The number of anilines is 1. The van der Waals surface area contributed by atoms with Gasteiger partial charge in [0.15, 0.2) is 6.29 Å². The molecule has 10 amide bonds. The first-order chi connectivity index (χ1) is 45.1. The summed E-state index contributed by atoms with van der Waals surface area (Å²) in [6, 6.07) is 9.75. The Kier molecular flexibility index (Phi) is 34.0. The minimum Gasteiger partial charge on any atom is -0.466 e. The Morgan fingerprint density at radius 3 is 1.91 bits per heavy atom. The van der Waals surface area contributed by atoms with Crippen LogP contribution in [0.2, 0.25) is 0 Å². The van der Waals surface area contributed by atoms with Crippen LogP contribution < -0.4 is 43.0 Å². The van der Waals surface area contributed by atoms with E-state index in [1.54, 1.807) is 68.8 Å². The molecule has 2 aromatic rings. The number of hydrogen-bond donors (Lipinski definition) is 8. The zero-order chi connectivity index (χ0) is 70.6. The van der Waals surface area contributed by atoms with E-state index in [2.05, 4.69) is 37.2 Å². The molecule has 532 valence electrons. The molecule has 0 aliphatic carbocycles. The van der Waals surface area contributed by atoms with E-state index in [4.69, 9.17) is 29.4 Å². The molecular weight excluding hydrogens is 1220 g/mol. The summed E-state index contributed by atoms with van der Waals surface area (Å²) in [5.74, 6) is -5.68. The van der Waals surface area contributed by atoms with Crippen molar-refractivity contribution in [3.63, 3.8) is 0 Å². The molecule has 0 radical (unpaired) electrons. The quantitative estimate of drug-likeness (QED) is 0.0339.